The highest BCUT2D eigenvalue weighted by atomic mass is 32.2. The summed E-state index contributed by atoms with van der Waals surface area (Å²) >= 11 is 2.89. The lowest BCUT2D eigenvalue weighted by atomic mass is 10.0. The lowest BCUT2D eigenvalue weighted by Crippen LogP contribution is -2.28. The average Bonchev–Trinajstić information content (AvgIpc) is 2.97. The quantitative estimate of drug-likeness (QED) is 0.732. The van der Waals surface area contributed by atoms with Gasteiger partial charge in [-0.2, -0.15) is 0 Å². The Labute approximate surface area is 151 Å². The van der Waals surface area contributed by atoms with Crippen molar-refractivity contribution in [2.45, 2.75) is 43.5 Å². The molecule has 0 saturated carbocycles. The highest BCUT2D eigenvalue weighted by Gasteiger charge is 2.14. The molecule has 2 N–H and O–H groups in total. The lowest BCUT2D eigenvalue weighted by molar-refractivity contribution is -0.118. The van der Waals surface area contributed by atoms with Crippen LogP contribution in [0.3, 0.4) is 0 Å². The standard InChI is InChI=1S/C17H24N4OS2/c1-12(13-8-6-5-7-9-13)10-18-14(22)11-23-16-21-20-15(24-16)19-17(2,3)4/h5-9,12H,10-11H2,1-4H3,(H,18,22)(H,19,20). The second kappa shape index (κ2) is 8.48. The highest BCUT2D eigenvalue weighted by Crippen LogP contribution is 2.27. The number of carbonyl (C=O) groups excluding carboxylic acids is 1. The number of hydrogen-bond donors (Lipinski definition) is 2. The monoisotopic (exact) mass is 364 g/mol. The Hall–Kier alpha value is -1.60. The zero-order valence-electron chi connectivity index (χ0n) is 14.5. The van der Waals surface area contributed by atoms with Crippen LogP contribution < -0.4 is 10.6 Å². The second-order valence-electron chi connectivity index (χ2n) is 6.65. The molecule has 130 valence electrons. The van der Waals surface area contributed by atoms with E-state index in [2.05, 4.69) is 60.7 Å². The van der Waals surface area contributed by atoms with Crippen molar-refractivity contribution in [3.63, 3.8) is 0 Å². The second-order valence-corrected chi connectivity index (χ2v) is 8.85. The minimum absolute atomic E-state index is 0.0170. The van der Waals surface area contributed by atoms with Gasteiger partial charge in [0.25, 0.3) is 0 Å². The summed E-state index contributed by atoms with van der Waals surface area (Å²) in [5, 5.41) is 15.2. The van der Waals surface area contributed by atoms with Gasteiger partial charge < -0.3 is 10.6 Å². The predicted octanol–water partition coefficient (Wildman–Crippen LogP) is 3.76. The van der Waals surface area contributed by atoms with Crippen LogP contribution >= 0.6 is 23.1 Å². The molecule has 1 amide bonds. The summed E-state index contributed by atoms with van der Waals surface area (Å²) < 4.78 is 0.799. The van der Waals surface area contributed by atoms with E-state index in [1.54, 1.807) is 0 Å². The summed E-state index contributed by atoms with van der Waals surface area (Å²) in [6.45, 7) is 8.96. The maximum Gasteiger partial charge on any atom is 0.230 e. The third-order valence-electron chi connectivity index (χ3n) is 3.19. The molecule has 2 rings (SSSR count). The van der Waals surface area contributed by atoms with Crippen molar-refractivity contribution in [3.05, 3.63) is 35.9 Å². The molecule has 24 heavy (non-hydrogen) atoms. The minimum atomic E-state index is -0.0492. The van der Waals surface area contributed by atoms with E-state index in [4.69, 9.17) is 0 Å². The molecule has 0 radical (unpaired) electrons. The summed E-state index contributed by atoms with van der Waals surface area (Å²) in [6, 6.07) is 10.2. The van der Waals surface area contributed by atoms with E-state index >= 15 is 0 Å². The molecule has 1 aromatic carbocycles. The van der Waals surface area contributed by atoms with Crippen LogP contribution in [0.4, 0.5) is 5.13 Å². The third-order valence-corrected chi connectivity index (χ3v) is 5.16. The SMILES string of the molecule is CC(CNC(=O)CSc1nnc(NC(C)(C)C)s1)c1ccccc1. The van der Waals surface area contributed by atoms with E-state index in [1.165, 1.54) is 28.7 Å². The van der Waals surface area contributed by atoms with E-state index in [1.807, 2.05) is 18.2 Å². The van der Waals surface area contributed by atoms with Crippen molar-refractivity contribution < 1.29 is 4.79 Å². The Morgan fingerprint density at radius 1 is 1.25 bits per heavy atom. The van der Waals surface area contributed by atoms with Gasteiger partial charge >= 0.3 is 0 Å². The number of nitrogens with one attached hydrogen (secondary N) is 2. The van der Waals surface area contributed by atoms with E-state index in [0.29, 0.717) is 18.2 Å². The maximum absolute atomic E-state index is 12.0. The lowest BCUT2D eigenvalue weighted by Gasteiger charge is -2.18. The first-order chi connectivity index (χ1) is 11.3. The highest BCUT2D eigenvalue weighted by molar-refractivity contribution is 8.01. The molecule has 1 atom stereocenters. The van der Waals surface area contributed by atoms with Gasteiger partial charge in [0, 0.05) is 12.1 Å². The fourth-order valence-electron chi connectivity index (χ4n) is 1.98. The molecule has 0 bridgehead atoms. The molecule has 2 aromatic rings. The summed E-state index contributed by atoms with van der Waals surface area (Å²) in [6.07, 6.45) is 0. The molecule has 0 aliphatic heterocycles. The van der Waals surface area contributed by atoms with Crippen LogP contribution in [0.2, 0.25) is 0 Å². The largest absolute Gasteiger partial charge is 0.355 e. The molecule has 0 aliphatic rings. The number of hydrogen-bond acceptors (Lipinski definition) is 6. The van der Waals surface area contributed by atoms with Crippen LogP contribution in [0, 0.1) is 0 Å². The number of amides is 1. The van der Waals surface area contributed by atoms with Crippen molar-refractivity contribution in [1.29, 1.82) is 0 Å². The topological polar surface area (TPSA) is 66.9 Å². The Morgan fingerprint density at radius 3 is 2.62 bits per heavy atom. The molecule has 1 unspecified atom stereocenters. The molecule has 1 heterocycles. The van der Waals surface area contributed by atoms with Gasteiger partial charge in [-0.3, -0.25) is 4.79 Å². The first-order valence-corrected chi connectivity index (χ1v) is 9.70. The van der Waals surface area contributed by atoms with E-state index in [-0.39, 0.29) is 11.4 Å². The number of nitrogens with zero attached hydrogens (tertiary/aromatic N) is 2. The molecular weight excluding hydrogens is 340 g/mol. The number of aromatic nitrogens is 2. The van der Waals surface area contributed by atoms with Crippen molar-refractivity contribution in [2.24, 2.45) is 0 Å². The third kappa shape index (κ3) is 6.49. The smallest absolute Gasteiger partial charge is 0.230 e. The fraction of sp³-hybridized carbons (Fsp3) is 0.471. The average molecular weight is 365 g/mol. The van der Waals surface area contributed by atoms with Crippen molar-refractivity contribution in [2.75, 3.05) is 17.6 Å². The molecule has 0 saturated heterocycles. The van der Waals surface area contributed by atoms with Crippen LogP contribution in [0.5, 0.6) is 0 Å². The number of carbonyl (C=O) groups is 1. The predicted molar refractivity (Wildman–Crippen MR) is 102 cm³/mol. The summed E-state index contributed by atoms with van der Waals surface area (Å²) in [4.78, 5) is 12.0. The first-order valence-electron chi connectivity index (χ1n) is 7.89. The fourth-order valence-corrected chi connectivity index (χ4v) is 3.77. The van der Waals surface area contributed by atoms with Gasteiger partial charge in [-0.05, 0) is 32.3 Å². The first kappa shape index (κ1) is 18.7. The molecule has 0 aliphatic carbocycles. The van der Waals surface area contributed by atoms with Crippen LogP contribution in [-0.2, 0) is 4.79 Å². The van der Waals surface area contributed by atoms with Crippen LogP contribution in [0.25, 0.3) is 0 Å². The molecule has 5 nitrogen and oxygen atoms in total. The van der Waals surface area contributed by atoms with Crippen LogP contribution in [-0.4, -0.2) is 33.9 Å². The number of rotatable bonds is 7. The van der Waals surface area contributed by atoms with Gasteiger partial charge in [0.1, 0.15) is 0 Å². The zero-order chi connectivity index (χ0) is 17.6. The normalized spacial score (nSPS) is 12.7. The van der Waals surface area contributed by atoms with Crippen LogP contribution in [0.15, 0.2) is 34.7 Å². The van der Waals surface area contributed by atoms with Gasteiger partial charge in [0.2, 0.25) is 11.0 Å². The van der Waals surface area contributed by atoms with Crippen molar-refractivity contribution in [3.8, 4) is 0 Å². The Kier molecular flexibility index (Phi) is 6.62. The zero-order valence-corrected chi connectivity index (χ0v) is 16.1. The van der Waals surface area contributed by atoms with Gasteiger partial charge in [-0.25, -0.2) is 0 Å². The number of benzene rings is 1. The summed E-state index contributed by atoms with van der Waals surface area (Å²) in [7, 11) is 0. The minimum Gasteiger partial charge on any atom is -0.355 e. The molecule has 0 fully saturated rings. The Morgan fingerprint density at radius 2 is 1.96 bits per heavy atom. The van der Waals surface area contributed by atoms with Crippen molar-refractivity contribution >= 4 is 34.1 Å². The summed E-state index contributed by atoms with van der Waals surface area (Å²) in [5.74, 6) is 0.665. The molecule has 0 spiro atoms. The van der Waals surface area contributed by atoms with E-state index < -0.39 is 0 Å². The van der Waals surface area contributed by atoms with Gasteiger partial charge in [-0.1, -0.05) is 60.4 Å². The Bertz CT molecular complexity index is 652. The number of thioether (sulfide) groups is 1. The maximum atomic E-state index is 12.0. The molecule has 7 heteroatoms. The van der Waals surface area contributed by atoms with Crippen LogP contribution in [0.1, 0.15) is 39.2 Å². The molecule has 1 aromatic heterocycles. The van der Waals surface area contributed by atoms with Crippen molar-refractivity contribution in [1.82, 2.24) is 15.5 Å². The number of anilines is 1. The van der Waals surface area contributed by atoms with Gasteiger partial charge in [0.15, 0.2) is 4.34 Å². The van der Waals surface area contributed by atoms with Gasteiger partial charge in [0.05, 0.1) is 5.75 Å². The van der Waals surface area contributed by atoms with E-state index in [0.717, 1.165) is 9.47 Å². The molecular formula is C17H24N4OS2. The van der Waals surface area contributed by atoms with E-state index in [9.17, 15) is 4.79 Å². The summed E-state index contributed by atoms with van der Waals surface area (Å²) in [5.41, 5.74) is 1.18. The Balaban J connectivity index is 1.73. The van der Waals surface area contributed by atoms with Gasteiger partial charge in [-0.15, -0.1) is 10.2 Å².